The van der Waals surface area contributed by atoms with Gasteiger partial charge in [0.15, 0.2) is 0 Å². The molecule has 0 radical (unpaired) electrons. The Morgan fingerprint density at radius 1 is 0.880 bits per heavy atom. The molecule has 2 aliphatic rings. The molecular formula is C23H28ClN. The Morgan fingerprint density at radius 2 is 1.64 bits per heavy atom. The van der Waals surface area contributed by atoms with E-state index in [1.807, 2.05) is 0 Å². The molecule has 1 aliphatic carbocycles. The SMILES string of the molecule is Clc1ccc(C2(CCN3CCCCC3)CCCc3ccccc32)cc1. The summed E-state index contributed by atoms with van der Waals surface area (Å²) in [6.07, 6.45) is 9.09. The van der Waals surface area contributed by atoms with Crippen molar-refractivity contribution >= 4 is 11.6 Å². The van der Waals surface area contributed by atoms with Gasteiger partial charge in [0.1, 0.15) is 0 Å². The summed E-state index contributed by atoms with van der Waals surface area (Å²) < 4.78 is 0. The normalized spacial score (nSPS) is 24.0. The number of nitrogens with zero attached hydrogens (tertiary/aromatic N) is 1. The van der Waals surface area contributed by atoms with E-state index in [9.17, 15) is 0 Å². The van der Waals surface area contributed by atoms with Crippen LogP contribution in [0.5, 0.6) is 0 Å². The first-order valence-electron chi connectivity index (χ1n) is 9.85. The second-order valence-electron chi connectivity index (χ2n) is 7.75. The fourth-order valence-electron chi connectivity index (χ4n) is 4.93. The van der Waals surface area contributed by atoms with E-state index in [0.29, 0.717) is 0 Å². The van der Waals surface area contributed by atoms with E-state index in [1.54, 1.807) is 11.1 Å². The van der Waals surface area contributed by atoms with Crippen LogP contribution in [0.3, 0.4) is 0 Å². The quantitative estimate of drug-likeness (QED) is 0.667. The predicted molar refractivity (Wildman–Crippen MR) is 107 cm³/mol. The average molecular weight is 354 g/mol. The van der Waals surface area contributed by atoms with Gasteiger partial charge in [0.2, 0.25) is 0 Å². The minimum atomic E-state index is 0.150. The van der Waals surface area contributed by atoms with Gasteiger partial charge in [0, 0.05) is 10.4 Å². The number of piperidine rings is 1. The number of benzene rings is 2. The topological polar surface area (TPSA) is 3.24 Å². The minimum absolute atomic E-state index is 0.150. The molecule has 1 aliphatic heterocycles. The number of hydrogen-bond acceptors (Lipinski definition) is 1. The van der Waals surface area contributed by atoms with Crippen LogP contribution < -0.4 is 0 Å². The third-order valence-electron chi connectivity index (χ3n) is 6.28. The highest BCUT2D eigenvalue weighted by Crippen LogP contribution is 2.45. The van der Waals surface area contributed by atoms with Crippen LogP contribution in [0.25, 0.3) is 0 Å². The number of halogens is 1. The van der Waals surface area contributed by atoms with Crippen molar-refractivity contribution in [3.63, 3.8) is 0 Å². The zero-order chi connectivity index (χ0) is 17.1. The molecule has 2 aromatic carbocycles. The highest BCUT2D eigenvalue weighted by atomic mass is 35.5. The lowest BCUT2D eigenvalue weighted by molar-refractivity contribution is 0.206. The van der Waals surface area contributed by atoms with Crippen molar-refractivity contribution in [2.45, 2.75) is 50.4 Å². The van der Waals surface area contributed by atoms with Gasteiger partial charge in [-0.2, -0.15) is 0 Å². The Kier molecular flexibility index (Phi) is 5.15. The summed E-state index contributed by atoms with van der Waals surface area (Å²) in [6.45, 7) is 3.76. The summed E-state index contributed by atoms with van der Waals surface area (Å²) in [7, 11) is 0. The van der Waals surface area contributed by atoms with Crippen LogP contribution in [0, 0.1) is 0 Å². The zero-order valence-corrected chi connectivity index (χ0v) is 15.8. The van der Waals surface area contributed by atoms with Crippen LogP contribution >= 0.6 is 11.6 Å². The van der Waals surface area contributed by atoms with E-state index in [0.717, 1.165) is 5.02 Å². The van der Waals surface area contributed by atoms with E-state index in [1.165, 1.54) is 70.1 Å². The number of rotatable bonds is 4. The molecule has 1 nitrogen and oxygen atoms in total. The predicted octanol–water partition coefficient (Wildman–Crippen LogP) is 5.84. The third-order valence-corrected chi connectivity index (χ3v) is 6.53. The summed E-state index contributed by atoms with van der Waals surface area (Å²) in [5.74, 6) is 0. The molecule has 4 rings (SSSR count). The minimum Gasteiger partial charge on any atom is -0.303 e. The fourth-order valence-corrected chi connectivity index (χ4v) is 5.05. The summed E-state index contributed by atoms with van der Waals surface area (Å²) in [5.41, 5.74) is 4.70. The van der Waals surface area contributed by atoms with E-state index in [2.05, 4.69) is 53.4 Å². The molecule has 132 valence electrons. The number of likely N-dealkylation sites (tertiary alicyclic amines) is 1. The first-order chi connectivity index (χ1) is 12.3. The highest BCUT2D eigenvalue weighted by molar-refractivity contribution is 6.30. The average Bonchev–Trinajstić information content (AvgIpc) is 2.68. The van der Waals surface area contributed by atoms with Gasteiger partial charge in [-0.15, -0.1) is 0 Å². The van der Waals surface area contributed by atoms with Gasteiger partial charge in [-0.25, -0.2) is 0 Å². The zero-order valence-electron chi connectivity index (χ0n) is 15.0. The molecule has 0 spiro atoms. The van der Waals surface area contributed by atoms with Crippen LogP contribution in [0.15, 0.2) is 48.5 Å². The van der Waals surface area contributed by atoms with Crippen LogP contribution in [0.2, 0.25) is 5.02 Å². The molecule has 2 aromatic rings. The molecule has 2 heteroatoms. The molecule has 1 unspecified atom stereocenters. The third kappa shape index (κ3) is 3.50. The molecule has 1 fully saturated rings. The fraction of sp³-hybridized carbons (Fsp3) is 0.478. The van der Waals surface area contributed by atoms with Crippen molar-refractivity contribution in [3.05, 3.63) is 70.2 Å². The van der Waals surface area contributed by atoms with Crippen LogP contribution in [-0.4, -0.2) is 24.5 Å². The van der Waals surface area contributed by atoms with Gasteiger partial charge >= 0.3 is 0 Å². The van der Waals surface area contributed by atoms with E-state index >= 15 is 0 Å². The molecule has 0 saturated carbocycles. The number of fused-ring (bicyclic) bond motifs is 1. The number of aryl methyl sites for hydroxylation is 1. The van der Waals surface area contributed by atoms with Gasteiger partial charge in [-0.3, -0.25) is 0 Å². The van der Waals surface area contributed by atoms with Gasteiger partial charge in [0.05, 0.1) is 0 Å². The molecule has 0 amide bonds. The molecule has 25 heavy (non-hydrogen) atoms. The van der Waals surface area contributed by atoms with Crippen molar-refractivity contribution < 1.29 is 0 Å². The van der Waals surface area contributed by atoms with Crippen molar-refractivity contribution in [1.82, 2.24) is 4.90 Å². The van der Waals surface area contributed by atoms with Gasteiger partial charge in [0.25, 0.3) is 0 Å². The van der Waals surface area contributed by atoms with E-state index < -0.39 is 0 Å². The Morgan fingerprint density at radius 3 is 2.44 bits per heavy atom. The molecule has 0 bridgehead atoms. The Balaban J connectivity index is 1.70. The van der Waals surface area contributed by atoms with Crippen molar-refractivity contribution in [2.75, 3.05) is 19.6 Å². The second kappa shape index (κ2) is 7.51. The lowest BCUT2D eigenvalue weighted by atomic mass is 9.64. The monoisotopic (exact) mass is 353 g/mol. The van der Waals surface area contributed by atoms with Crippen LogP contribution in [0.4, 0.5) is 0 Å². The molecule has 0 aromatic heterocycles. The van der Waals surface area contributed by atoms with Gasteiger partial charge in [-0.05, 0) is 87.0 Å². The van der Waals surface area contributed by atoms with E-state index in [-0.39, 0.29) is 5.41 Å². The van der Waals surface area contributed by atoms with E-state index in [4.69, 9.17) is 11.6 Å². The molecule has 1 saturated heterocycles. The van der Waals surface area contributed by atoms with Gasteiger partial charge < -0.3 is 4.90 Å². The van der Waals surface area contributed by atoms with Crippen molar-refractivity contribution in [1.29, 1.82) is 0 Å². The molecule has 1 atom stereocenters. The summed E-state index contributed by atoms with van der Waals surface area (Å²) in [4.78, 5) is 2.68. The molecule has 1 heterocycles. The summed E-state index contributed by atoms with van der Waals surface area (Å²) in [5, 5.41) is 0.832. The Labute approximate surface area is 157 Å². The highest BCUT2D eigenvalue weighted by Gasteiger charge is 2.38. The smallest absolute Gasteiger partial charge is 0.0406 e. The molecule has 0 N–H and O–H groups in total. The first kappa shape index (κ1) is 17.1. The lowest BCUT2D eigenvalue weighted by Gasteiger charge is -2.42. The lowest BCUT2D eigenvalue weighted by Crippen LogP contribution is -2.38. The standard InChI is InChI=1S/C23H28ClN/c24-21-12-10-20(11-13-21)23(15-18-25-16-4-1-5-17-25)14-6-8-19-7-2-3-9-22(19)23/h2-3,7,9-13H,1,4-6,8,14-18H2. The summed E-state index contributed by atoms with van der Waals surface area (Å²) >= 11 is 6.19. The van der Waals surface area contributed by atoms with Gasteiger partial charge in [-0.1, -0.05) is 54.4 Å². The maximum atomic E-state index is 6.19. The maximum absolute atomic E-state index is 6.19. The van der Waals surface area contributed by atoms with Crippen molar-refractivity contribution in [3.8, 4) is 0 Å². The Hall–Kier alpha value is -1.31. The first-order valence-corrected chi connectivity index (χ1v) is 10.2. The number of hydrogen-bond donors (Lipinski definition) is 0. The van der Waals surface area contributed by atoms with Crippen molar-refractivity contribution in [2.24, 2.45) is 0 Å². The molecular weight excluding hydrogens is 326 g/mol. The second-order valence-corrected chi connectivity index (χ2v) is 8.19. The largest absolute Gasteiger partial charge is 0.303 e. The van der Waals surface area contributed by atoms with Crippen LogP contribution in [-0.2, 0) is 11.8 Å². The van der Waals surface area contributed by atoms with Crippen LogP contribution in [0.1, 0.15) is 55.2 Å². The Bertz CT molecular complexity index is 702. The maximum Gasteiger partial charge on any atom is 0.0406 e. The summed E-state index contributed by atoms with van der Waals surface area (Å²) in [6, 6.07) is 17.8.